The van der Waals surface area contributed by atoms with Gasteiger partial charge in [-0.2, -0.15) is 4.89 Å². The second kappa shape index (κ2) is 14.9. The van der Waals surface area contributed by atoms with Gasteiger partial charge in [-0.05, 0) is 82.2 Å². The molecule has 0 saturated heterocycles. The van der Waals surface area contributed by atoms with Gasteiger partial charge in [0.2, 0.25) is 0 Å². The Morgan fingerprint density at radius 3 is 1.80 bits per heavy atom. The lowest BCUT2D eigenvalue weighted by Crippen LogP contribution is -2.26. The van der Waals surface area contributed by atoms with E-state index in [0.717, 1.165) is 5.56 Å². The third-order valence-electron chi connectivity index (χ3n) is 6.41. The van der Waals surface area contributed by atoms with Crippen molar-refractivity contribution in [2.75, 3.05) is 13.2 Å². The Balaban J connectivity index is 1.77. The lowest BCUT2D eigenvalue weighted by molar-refractivity contribution is -0.279. The molecule has 0 spiro atoms. The summed E-state index contributed by atoms with van der Waals surface area (Å²) in [5, 5.41) is 32.8. The lowest BCUT2D eigenvalue weighted by atomic mass is 10.1. The maximum Gasteiger partial charge on any atom is 0.347 e. The van der Waals surface area contributed by atoms with E-state index in [1.165, 1.54) is 25.1 Å². The Labute approximate surface area is 260 Å². The summed E-state index contributed by atoms with van der Waals surface area (Å²) in [5.41, 5.74) is 1.68. The normalized spacial score (nSPS) is 12.0. The SMILES string of the molecule is C/C=C(/OOCC)Oc1ccc(-c2nc(-c3ccc(CC)cc3O)nc(-c3ccc(OC(C)C(=O)OCC)cc3O)n2)c(O)c1. The summed E-state index contributed by atoms with van der Waals surface area (Å²) < 4.78 is 16.2. The van der Waals surface area contributed by atoms with Gasteiger partial charge in [0.1, 0.15) is 28.7 Å². The Hall–Kier alpha value is -5.36. The summed E-state index contributed by atoms with van der Waals surface area (Å²) in [7, 11) is 0. The monoisotopic (exact) mass is 617 g/mol. The van der Waals surface area contributed by atoms with E-state index in [0.29, 0.717) is 18.6 Å². The van der Waals surface area contributed by atoms with Gasteiger partial charge >= 0.3 is 11.9 Å². The summed E-state index contributed by atoms with van der Waals surface area (Å²) in [6.07, 6.45) is 1.37. The highest BCUT2D eigenvalue weighted by Gasteiger charge is 2.21. The predicted molar refractivity (Wildman–Crippen MR) is 164 cm³/mol. The first kappa shape index (κ1) is 32.6. The molecule has 0 bridgehead atoms. The first-order chi connectivity index (χ1) is 21.7. The number of carbonyl (C=O) groups is 1. The molecular weight excluding hydrogens is 582 g/mol. The van der Waals surface area contributed by atoms with Crippen LogP contribution in [0.25, 0.3) is 34.2 Å². The van der Waals surface area contributed by atoms with E-state index >= 15 is 0 Å². The Bertz CT molecular complexity index is 1690. The van der Waals surface area contributed by atoms with Crippen LogP contribution in [0.5, 0.6) is 28.7 Å². The Kier molecular flexibility index (Phi) is 10.8. The van der Waals surface area contributed by atoms with E-state index < -0.39 is 12.1 Å². The number of nitrogens with zero attached hydrogens (tertiary/aromatic N) is 3. The molecule has 1 atom stereocenters. The van der Waals surface area contributed by atoms with Crippen LogP contribution in [0.3, 0.4) is 0 Å². The van der Waals surface area contributed by atoms with Crippen LogP contribution in [0.2, 0.25) is 0 Å². The zero-order valence-electron chi connectivity index (χ0n) is 25.6. The molecule has 0 fully saturated rings. The summed E-state index contributed by atoms with van der Waals surface area (Å²) in [5.74, 6) is -0.250. The van der Waals surface area contributed by atoms with Crippen molar-refractivity contribution in [3.8, 4) is 62.9 Å². The standard InChI is InChI=1S/C33H35N3O9/c1-6-20-10-13-23(26(37)16-20)30-34-31(24-14-11-21(17-27(24)38)43-19(5)33(40)41-8-3)36-32(35-30)25-15-12-22(18-28(25)39)44-29(7-2)45-42-9-4/h7,10-19,37-39H,6,8-9H2,1-5H3/b29-7+. The summed E-state index contributed by atoms with van der Waals surface area (Å²) in [4.78, 5) is 35.6. The topological polar surface area (TPSA) is 163 Å². The van der Waals surface area contributed by atoms with Gasteiger partial charge in [0, 0.05) is 12.1 Å². The van der Waals surface area contributed by atoms with Crippen LogP contribution < -0.4 is 9.47 Å². The highest BCUT2D eigenvalue weighted by atomic mass is 17.2. The summed E-state index contributed by atoms with van der Waals surface area (Å²) in [6, 6.07) is 14.1. The van der Waals surface area contributed by atoms with Gasteiger partial charge in [0.25, 0.3) is 0 Å². The van der Waals surface area contributed by atoms with Gasteiger partial charge in [-0.15, -0.1) is 0 Å². The van der Waals surface area contributed by atoms with Gasteiger partial charge < -0.3 is 29.5 Å². The molecule has 12 nitrogen and oxygen atoms in total. The lowest BCUT2D eigenvalue weighted by Gasteiger charge is -2.15. The molecule has 12 heteroatoms. The van der Waals surface area contributed by atoms with E-state index in [9.17, 15) is 20.1 Å². The van der Waals surface area contributed by atoms with Crippen LogP contribution in [0, 0.1) is 0 Å². The van der Waals surface area contributed by atoms with E-state index in [1.807, 2.05) is 13.0 Å². The largest absolute Gasteiger partial charge is 0.507 e. The van der Waals surface area contributed by atoms with Crippen molar-refractivity contribution in [1.29, 1.82) is 0 Å². The van der Waals surface area contributed by atoms with Gasteiger partial charge in [-0.1, -0.05) is 13.0 Å². The number of allylic oxidation sites excluding steroid dienone is 1. The second-order valence-electron chi connectivity index (χ2n) is 9.58. The molecule has 1 heterocycles. The highest BCUT2D eigenvalue weighted by molar-refractivity contribution is 5.76. The molecular formula is C33H35N3O9. The second-order valence-corrected chi connectivity index (χ2v) is 9.58. The first-order valence-electron chi connectivity index (χ1n) is 14.4. The van der Waals surface area contributed by atoms with Crippen molar-refractivity contribution in [1.82, 2.24) is 15.0 Å². The van der Waals surface area contributed by atoms with Crippen molar-refractivity contribution in [2.24, 2.45) is 0 Å². The quantitative estimate of drug-likeness (QED) is 0.0686. The Morgan fingerprint density at radius 1 is 0.778 bits per heavy atom. The highest BCUT2D eigenvalue weighted by Crippen LogP contribution is 2.37. The number of ether oxygens (including phenoxy) is 3. The predicted octanol–water partition coefficient (Wildman–Crippen LogP) is 6.09. The third-order valence-corrected chi connectivity index (χ3v) is 6.41. The molecule has 0 aliphatic heterocycles. The maximum atomic E-state index is 12.0. The molecule has 1 aromatic heterocycles. The van der Waals surface area contributed by atoms with Crippen molar-refractivity contribution in [3.05, 3.63) is 72.2 Å². The fraction of sp³-hybridized carbons (Fsp3) is 0.273. The van der Waals surface area contributed by atoms with E-state index in [1.54, 1.807) is 57.2 Å². The smallest absolute Gasteiger partial charge is 0.347 e. The number of hydrogen-bond acceptors (Lipinski definition) is 12. The first-order valence-corrected chi connectivity index (χ1v) is 14.4. The fourth-order valence-corrected chi connectivity index (χ4v) is 4.13. The number of benzene rings is 3. The molecule has 4 aromatic rings. The van der Waals surface area contributed by atoms with Crippen molar-refractivity contribution < 1.29 is 44.1 Å². The molecule has 3 aromatic carbocycles. The van der Waals surface area contributed by atoms with E-state index in [4.69, 9.17) is 24.0 Å². The molecule has 236 valence electrons. The number of aromatic hydroxyl groups is 3. The van der Waals surface area contributed by atoms with Crippen LogP contribution in [0.15, 0.2) is 66.6 Å². The molecule has 0 radical (unpaired) electrons. The molecule has 4 rings (SSSR count). The van der Waals surface area contributed by atoms with Crippen molar-refractivity contribution in [2.45, 2.75) is 47.1 Å². The number of hydrogen-bond donors (Lipinski definition) is 3. The molecule has 0 saturated carbocycles. The van der Waals surface area contributed by atoms with Crippen molar-refractivity contribution >= 4 is 5.97 Å². The van der Waals surface area contributed by atoms with Gasteiger partial charge in [0.05, 0.1) is 29.9 Å². The fourth-order valence-electron chi connectivity index (χ4n) is 4.13. The molecule has 0 aliphatic carbocycles. The number of phenolic OH excluding ortho intramolecular Hbond substituents is 3. The maximum absolute atomic E-state index is 12.0. The van der Waals surface area contributed by atoms with E-state index in [2.05, 4.69) is 15.0 Å². The minimum atomic E-state index is -0.899. The van der Waals surface area contributed by atoms with Gasteiger partial charge in [-0.3, -0.25) is 4.89 Å². The molecule has 1 unspecified atom stereocenters. The Morgan fingerprint density at radius 2 is 1.31 bits per heavy atom. The molecule has 0 aliphatic rings. The van der Waals surface area contributed by atoms with Crippen LogP contribution in [-0.2, 0) is 25.7 Å². The molecule has 3 N–H and O–H groups in total. The van der Waals surface area contributed by atoms with E-state index in [-0.39, 0.29) is 69.9 Å². The molecule has 45 heavy (non-hydrogen) atoms. The minimum Gasteiger partial charge on any atom is -0.507 e. The molecule has 0 amide bonds. The number of esters is 1. The zero-order chi connectivity index (χ0) is 32.5. The zero-order valence-corrected chi connectivity index (χ0v) is 25.6. The van der Waals surface area contributed by atoms with Crippen LogP contribution in [0.1, 0.15) is 40.2 Å². The number of rotatable bonds is 13. The van der Waals surface area contributed by atoms with Crippen LogP contribution >= 0.6 is 0 Å². The number of aryl methyl sites for hydroxylation is 1. The summed E-state index contributed by atoms with van der Waals surface area (Å²) in [6.45, 7) is 9.19. The van der Waals surface area contributed by atoms with Gasteiger partial charge in [0.15, 0.2) is 23.6 Å². The number of aromatic nitrogens is 3. The van der Waals surface area contributed by atoms with Crippen molar-refractivity contribution in [3.63, 3.8) is 0 Å². The van der Waals surface area contributed by atoms with Crippen LogP contribution in [0.4, 0.5) is 0 Å². The van der Waals surface area contributed by atoms with Crippen LogP contribution in [-0.4, -0.2) is 55.6 Å². The minimum absolute atomic E-state index is 0.0421. The summed E-state index contributed by atoms with van der Waals surface area (Å²) >= 11 is 0. The average molecular weight is 618 g/mol. The van der Waals surface area contributed by atoms with Gasteiger partial charge in [-0.25, -0.2) is 19.7 Å². The number of phenols is 3. The number of carbonyl (C=O) groups excluding carboxylic acids is 1. The average Bonchev–Trinajstić information content (AvgIpc) is 3.02. The third kappa shape index (κ3) is 7.98.